The first-order chi connectivity index (χ1) is 8.62. The first-order valence-electron chi connectivity index (χ1n) is 5.62. The van der Waals surface area contributed by atoms with Crippen LogP contribution in [0.2, 0.25) is 0 Å². The van der Waals surface area contributed by atoms with E-state index in [2.05, 4.69) is 21.2 Å². The number of ether oxygens (including phenoxy) is 1. The molecule has 0 spiro atoms. The van der Waals surface area contributed by atoms with E-state index in [1.165, 1.54) is 0 Å². The van der Waals surface area contributed by atoms with E-state index in [0.29, 0.717) is 18.7 Å². The van der Waals surface area contributed by atoms with Gasteiger partial charge < -0.3 is 10.1 Å². The van der Waals surface area contributed by atoms with Crippen LogP contribution in [0, 0.1) is 17.2 Å². The molecule has 0 bridgehead atoms. The van der Waals surface area contributed by atoms with E-state index in [4.69, 9.17) is 10.00 Å². The van der Waals surface area contributed by atoms with Crippen molar-refractivity contribution < 1.29 is 9.53 Å². The minimum absolute atomic E-state index is 0.248. The Morgan fingerprint density at radius 2 is 2.33 bits per heavy atom. The van der Waals surface area contributed by atoms with Gasteiger partial charge in [0.1, 0.15) is 11.7 Å². The molecule has 4 nitrogen and oxygen atoms in total. The summed E-state index contributed by atoms with van der Waals surface area (Å²) in [6.07, 6.45) is 0.512. The summed E-state index contributed by atoms with van der Waals surface area (Å²) < 4.78 is 6.13. The van der Waals surface area contributed by atoms with Crippen LogP contribution in [0.15, 0.2) is 22.7 Å². The number of methoxy groups -OCH3 is 1. The minimum atomic E-state index is -0.594. The van der Waals surface area contributed by atoms with Gasteiger partial charge in [0.15, 0.2) is 0 Å². The largest absolute Gasteiger partial charge is 0.496 e. The molecule has 96 valence electrons. The van der Waals surface area contributed by atoms with Crippen LogP contribution in [-0.4, -0.2) is 13.0 Å². The Bertz CT molecular complexity index is 469. The van der Waals surface area contributed by atoms with Crippen molar-refractivity contribution in [3.8, 4) is 11.8 Å². The summed E-state index contributed by atoms with van der Waals surface area (Å²) in [6.45, 7) is 2.16. The number of nitrogens with one attached hydrogen (secondary N) is 1. The van der Waals surface area contributed by atoms with E-state index in [9.17, 15) is 4.79 Å². The van der Waals surface area contributed by atoms with Crippen molar-refractivity contribution in [2.75, 3.05) is 7.11 Å². The molecule has 0 aliphatic heterocycles. The third-order valence-electron chi connectivity index (χ3n) is 2.58. The monoisotopic (exact) mass is 310 g/mol. The molecule has 0 aliphatic rings. The molecular formula is C13H15BrN2O2. The summed E-state index contributed by atoms with van der Waals surface area (Å²) in [5.41, 5.74) is 0.869. The highest BCUT2D eigenvalue weighted by molar-refractivity contribution is 9.10. The van der Waals surface area contributed by atoms with E-state index in [1.54, 1.807) is 7.11 Å². The van der Waals surface area contributed by atoms with Crippen molar-refractivity contribution in [3.05, 3.63) is 28.2 Å². The lowest BCUT2D eigenvalue weighted by Gasteiger charge is -2.11. The van der Waals surface area contributed by atoms with Crippen LogP contribution >= 0.6 is 15.9 Å². The molecule has 5 heteroatoms. The Morgan fingerprint density at radius 1 is 1.61 bits per heavy atom. The van der Waals surface area contributed by atoms with E-state index in [-0.39, 0.29) is 5.91 Å². The molecule has 1 aromatic carbocycles. The standard InChI is InChI=1S/C13H15BrN2O2/c1-3-9(7-15)13(17)16-8-10-6-11(14)4-5-12(10)18-2/h4-6,9H,3,8H2,1-2H3,(H,16,17). The lowest BCUT2D eigenvalue weighted by Crippen LogP contribution is -2.29. The Labute approximate surface area is 115 Å². The Hall–Kier alpha value is -1.54. The van der Waals surface area contributed by atoms with Crippen LogP contribution in [0.3, 0.4) is 0 Å². The van der Waals surface area contributed by atoms with Crippen LogP contribution in [0.5, 0.6) is 5.75 Å². The fraction of sp³-hybridized carbons (Fsp3) is 0.385. The zero-order chi connectivity index (χ0) is 13.5. The molecule has 1 rings (SSSR count). The maximum Gasteiger partial charge on any atom is 0.237 e. The first kappa shape index (κ1) is 14.5. The van der Waals surface area contributed by atoms with Gasteiger partial charge in [-0.3, -0.25) is 4.79 Å². The van der Waals surface area contributed by atoms with Crippen LogP contribution < -0.4 is 10.1 Å². The van der Waals surface area contributed by atoms with Crippen molar-refractivity contribution >= 4 is 21.8 Å². The highest BCUT2D eigenvalue weighted by Crippen LogP contribution is 2.22. The highest BCUT2D eigenvalue weighted by Gasteiger charge is 2.15. The minimum Gasteiger partial charge on any atom is -0.496 e. The summed E-state index contributed by atoms with van der Waals surface area (Å²) in [4.78, 5) is 11.7. The molecule has 1 aromatic rings. The van der Waals surface area contributed by atoms with Crippen molar-refractivity contribution in [1.82, 2.24) is 5.32 Å². The lowest BCUT2D eigenvalue weighted by molar-refractivity contribution is -0.123. The van der Waals surface area contributed by atoms with Crippen molar-refractivity contribution in [1.29, 1.82) is 5.26 Å². The maximum atomic E-state index is 11.7. The molecule has 0 saturated heterocycles. The van der Waals surface area contributed by atoms with E-state index < -0.39 is 5.92 Å². The third kappa shape index (κ3) is 3.74. The van der Waals surface area contributed by atoms with Gasteiger partial charge in [-0.05, 0) is 24.6 Å². The lowest BCUT2D eigenvalue weighted by atomic mass is 10.1. The number of hydrogen-bond acceptors (Lipinski definition) is 3. The average Bonchev–Trinajstić information content (AvgIpc) is 2.38. The van der Waals surface area contributed by atoms with Gasteiger partial charge in [0, 0.05) is 16.6 Å². The molecule has 0 radical (unpaired) electrons. The number of carbonyl (C=O) groups is 1. The second-order valence-electron chi connectivity index (χ2n) is 3.76. The number of nitriles is 1. The van der Waals surface area contributed by atoms with Gasteiger partial charge in [-0.1, -0.05) is 22.9 Å². The zero-order valence-corrected chi connectivity index (χ0v) is 12.0. The predicted octanol–water partition coefficient (Wildman–Crippen LogP) is 2.62. The maximum absolute atomic E-state index is 11.7. The molecule has 1 atom stereocenters. The van der Waals surface area contributed by atoms with E-state index >= 15 is 0 Å². The molecule has 1 unspecified atom stereocenters. The molecule has 0 aromatic heterocycles. The molecule has 1 N–H and O–H groups in total. The van der Waals surface area contributed by atoms with Crippen LogP contribution in [-0.2, 0) is 11.3 Å². The molecule has 0 fully saturated rings. The van der Waals surface area contributed by atoms with Crippen LogP contribution in [0.25, 0.3) is 0 Å². The summed E-state index contributed by atoms with van der Waals surface area (Å²) in [6, 6.07) is 7.55. The number of benzene rings is 1. The number of halogens is 1. The van der Waals surface area contributed by atoms with Crippen molar-refractivity contribution in [2.24, 2.45) is 5.92 Å². The molecular weight excluding hydrogens is 296 g/mol. The van der Waals surface area contributed by atoms with Gasteiger partial charge in [0.05, 0.1) is 13.2 Å². The molecule has 0 heterocycles. The average molecular weight is 311 g/mol. The number of hydrogen-bond donors (Lipinski definition) is 1. The third-order valence-corrected chi connectivity index (χ3v) is 3.07. The summed E-state index contributed by atoms with van der Waals surface area (Å²) in [7, 11) is 1.58. The van der Waals surface area contributed by atoms with Gasteiger partial charge in [-0.15, -0.1) is 0 Å². The molecule has 18 heavy (non-hydrogen) atoms. The second kappa shape index (κ2) is 7.02. The van der Waals surface area contributed by atoms with Gasteiger partial charge in [-0.2, -0.15) is 5.26 Å². The molecule has 0 aliphatic carbocycles. The van der Waals surface area contributed by atoms with Crippen LogP contribution in [0.4, 0.5) is 0 Å². The van der Waals surface area contributed by atoms with Gasteiger partial charge >= 0.3 is 0 Å². The fourth-order valence-corrected chi connectivity index (χ4v) is 1.93. The van der Waals surface area contributed by atoms with Gasteiger partial charge in [0.25, 0.3) is 0 Å². The molecule has 0 saturated carbocycles. The zero-order valence-electron chi connectivity index (χ0n) is 10.4. The normalized spacial score (nSPS) is 11.4. The Balaban J connectivity index is 2.72. The summed E-state index contributed by atoms with van der Waals surface area (Å²) >= 11 is 3.37. The Morgan fingerprint density at radius 3 is 2.89 bits per heavy atom. The van der Waals surface area contributed by atoms with Gasteiger partial charge in [0.2, 0.25) is 5.91 Å². The predicted molar refractivity (Wildman–Crippen MR) is 71.9 cm³/mol. The molecule has 1 amide bonds. The number of nitrogens with zero attached hydrogens (tertiary/aromatic N) is 1. The highest BCUT2D eigenvalue weighted by atomic mass is 79.9. The second-order valence-corrected chi connectivity index (χ2v) is 4.68. The number of amides is 1. The van der Waals surface area contributed by atoms with Crippen molar-refractivity contribution in [2.45, 2.75) is 19.9 Å². The fourth-order valence-electron chi connectivity index (χ4n) is 1.53. The number of rotatable bonds is 5. The summed E-state index contributed by atoms with van der Waals surface area (Å²) in [5, 5.41) is 11.5. The topological polar surface area (TPSA) is 62.1 Å². The smallest absolute Gasteiger partial charge is 0.237 e. The quantitative estimate of drug-likeness (QED) is 0.909. The van der Waals surface area contributed by atoms with Gasteiger partial charge in [-0.25, -0.2) is 0 Å². The number of carbonyl (C=O) groups excluding carboxylic acids is 1. The summed E-state index contributed by atoms with van der Waals surface area (Å²) in [5.74, 6) is -0.131. The van der Waals surface area contributed by atoms with Crippen molar-refractivity contribution in [3.63, 3.8) is 0 Å². The van der Waals surface area contributed by atoms with E-state index in [0.717, 1.165) is 10.0 Å². The Kier molecular flexibility index (Phi) is 5.66. The SMILES string of the molecule is CCC(C#N)C(=O)NCc1cc(Br)ccc1OC. The first-order valence-corrected chi connectivity index (χ1v) is 6.41. The van der Waals surface area contributed by atoms with Crippen LogP contribution in [0.1, 0.15) is 18.9 Å². The van der Waals surface area contributed by atoms with E-state index in [1.807, 2.05) is 31.2 Å².